The minimum Gasteiger partial charge on any atom is -0.390 e. The second-order valence-electron chi connectivity index (χ2n) is 3.60. The molecule has 1 unspecified atom stereocenters. The summed E-state index contributed by atoms with van der Waals surface area (Å²) in [5.74, 6) is -6.61. The Hall–Kier alpha value is -1.15. The molecule has 9 heteroatoms. The Balaban J connectivity index is 3.15. The molecule has 0 amide bonds. The molecule has 0 aliphatic carbocycles. The predicted molar refractivity (Wildman–Crippen MR) is 56.5 cm³/mol. The van der Waals surface area contributed by atoms with Crippen molar-refractivity contribution in [2.45, 2.75) is 12.3 Å². The molecular formula is C10H8ClF6NO. The summed E-state index contributed by atoms with van der Waals surface area (Å²) in [5.41, 5.74) is -2.84. The monoisotopic (exact) mass is 307 g/mol. The molecule has 0 fully saturated rings. The molecule has 1 atom stereocenters. The fraction of sp³-hybridized carbons (Fsp3) is 0.400. The summed E-state index contributed by atoms with van der Waals surface area (Å²) in [6.45, 7) is -0.414. The number of rotatable bonds is 4. The fourth-order valence-electron chi connectivity index (χ4n) is 1.22. The Labute approximate surface area is 109 Å². The van der Waals surface area contributed by atoms with Crippen molar-refractivity contribution in [3.8, 4) is 0 Å². The van der Waals surface area contributed by atoms with Gasteiger partial charge >= 0.3 is 6.18 Å². The minimum absolute atomic E-state index is 0.0920. The van der Waals surface area contributed by atoms with Crippen molar-refractivity contribution in [3.05, 3.63) is 29.1 Å². The van der Waals surface area contributed by atoms with Gasteiger partial charge in [0.2, 0.25) is 0 Å². The number of aliphatic hydroxyl groups is 1. The average molecular weight is 308 g/mol. The number of benzene rings is 1. The molecule has 0 heterocycles. The number of alkyl halides is 4. The highest BCUT2D eigenvalue weighted by Crippen LogP contribution is 2.35. The lowest BCUT2D eigenvalue weighted by Gasteiger charge is -2.15. The summed E-state index contributed by atoms with van der Waals surface area (Å²) in [6, 6.07) is 0.0920. The highest BCUT2D eigenvalue weighted by molar-refractivity contribution is 6.18. The van der Waals surface area contributed by atoms with E-state index in [1.165, 1.54) is 0 Å². The van der Waals surface area contributed by atoms with Crippen molar-refractivity contribution in [2.24, 2.45) is 0 Å². The summed E-state index contributed by atoms with van der Waals surface area (Å²) >= 11 is 5.22. The highest BCUT2D eigenvalue weighted by Gasteiger charge is 2.37. The van der Waals surface area contributed by atoms with Crippen molar-refractivity contribution < 1.29 is 31.4 Å². The second kappa shape index (κ2) is 5.87. The van der Waals surface area contributed by atoms with Crippen LogP contribution in [-0.2, 0) is 6.18 Å². The van der Waals surface area contributed by atoms with Gasteiger partial charge in [0.15, 0.2) is 17.5 Å². The van der Waals surface area contributed by atoms with E-state index >= 15 is 0 Å². The highest BCUT2D eigenvalue weighted by atomic mass is 35.5. The molecule has 0 saturated carbocycles. The van der Waals surface area contributed by atoms with Crippen LogP contribution in [0.15, 0.2) is 6.07 Å². The quantitative estimate of drug-likeness (QED) is 0.509. The van der Waals surface area contributed by atoms with Gasteiger partial charge in [-0.2, -0.15) is 13.2 Å². The van der Waals surface area contributed by atoms with Crippen LogP contribution in [0, 0.1) is 17.5 Å². The average Bonchev–Trinajstić information content (AvgIpc) is 2.33. The third-order valence-electron chi connectivity index (χ3n) is 2.16. The first-order valence-electron chi connectivity index (χ1n) is 4.91. The molecule has 1 rings (SSSR count). The summed E-state index contributed by atoms with van der Waals surface area (Å²) < 4.78 is 76.3. The number of anilines is 1. The molecule has 0 spiro atoms. The molecule has 1 aromatic rings. The lowest BCUT2D eigenvalue weighted by atomic mass is 10.1. The lowest BCUT2D eigenvalue weighted by Crippen LogP contribution is -2.22. The van der Waals surface area contributed by atoms with Gasteiger partial charge in [-0.15, -0.1) is 11.6 Å². The third-order valence-corrected chi connectivity index (χ3v) is 2.51. The summed E-state index contributed by atoms with van der Waals surface area (Å²) in [5, 5.41) is 11.1. The Bertz CT molecular complexity index is 464. The first kappa shape index (κ1) is 15.9. The number of halogens is 7. The molecule has 0 bridgehead atoms. The van der Waals surface area contributed by atoms with Gasteiger partial charge < -0.3 is 10.4 Å². The maximum atomic E-state index is 13.2. The van der Waals surface area contributed by atoms with E-state index in [-0.39, 0.29) is 11.9 Å². The Morgan fingerprint density at radius 1 is 1.16 bits per heavy atom. The van der Waals surface area contributed by atoms with Crippen molar-refractivity contribution in [2.75, 3.05) is 17.7 Å². The molecule has 0 aliphatic heterocycles. The van der Waals surface area contributed by atoms with Crippen LogP contribution < -0.4 is 5.32 Å². The van der Waals surface area contributed by atoms with Gasteiger partial charge in [0.1, 0.15) is 0 Å². The molecular weight excluding hydrogens is 300 g/mol. The lowest BCUT2D eigenvalue weighted by molar-refractivity contribution is -0.140. The largest absolute Gasteiger partial charge is 0.419 e. The van der Waals surface area contributed by atoms with Crippen LogP contribution in [0.2, 0.25) is 0 Å². The van der Waals surface area contributed by atoms with Crippen LogP contribution in [0.3, 0.4) is 0 Å². The van der Waals surface area contributed by atoms with Crippen molar-refractivity contribution in [1.82, 2.24) is 0 Å². The van der Waals surface area contributed by atoms with E-state index in [4.69, 9.17) is 16.7 Å². The zero-order valence-corrected chi connectivity index (χ0v) is 9.92. The standard InChI is InChI=1S/C10H8ClF6NO/c11-2-4(19)3-18-6-1-5(10(15,16)17)7(12)9(14)8(6)13/h1,4,18-19H,2-3H2. The maximum Gasteiger partial charge on any atom is 0.419 e. The molecule has 1 aromatic carbocycles. The third kappa shape index (κ3) is 3.66. The van der Waals surface area contributed by atoms with Gasteiger partial charge in [0, 0.05) is 6.54 Å². The fourth-order valence-corrected chi connectivity index (χ4v) is 1.33. The van der Waals surface area contributed by atoms with Gasteiger partial charge in [-0.3, -0.25) is 0 Å². The summed E-state index contributed by atoms with van der Waals surface area (Å²) in [6.07, 6.45) is -6.34. The molecule has 19 heavy (non-hydrogen) atoms. The Kier molecular flexibility index (Phi) is 4.92. The van der Waals surface area contributed by atoms with Crippen molar-refractivity contribution in [1.29, 1.82) is 0 Å². The molecule has 0 aromatic heterocycles. The van der Waals surface area contributed by atoms with E-state index in [2.05, 4.69) is 0 Å². The zero-order chi connectivity index (χ0) is 14.8. The second-order valence-corrected chi connectivity index (χ2v) is 3.91. The van der Waals surface area contributed by atoms with Crippen molar-refractivity contribution in [3.63, 3.8) is 0 Å². The Morgan fingerprint density at radius 3 is 2.21 bits per heavy atom. The summed E-state index contributed by atoms with van der Waals surface area (Å²) in [4.78, 5) is 0. The van der Waals surface area contributed by atoms with Crippen molar-refractivity contribution >= 4 is 17.3 Å². The smallest absolute Gasteiger partial charge is 0.390 e. The minimum atomic E-state index is -5.17. The SMILES string of the molecule is OC(CCl)CNc1cc(C(F)(F)F)c(F)c(F)c1F. The first-order chi connectivity index (χ1) is 8.68. The van der Waals surface area contributed by atoms with E-state index < -0.39 is 47.5 Å². The molecule has 0 saturated heterocycles. The van der Waals surface area contributed by atoms with E-state index in [9.17, 15) is 26.3 Å². The van der Waals surface area contributed by atoms with E-state index in [0.29, 0.717) is 0 Å². The van der Waals surface area contributed by atoms with Crippen LogP contribution >= 0.6 is 11.6 Å². The number of aliphatic hydroxyl groups excluding tert-OH is 1. The molecule has 0 radical (unpaired) electrons. The topological polar surface area (TPSA) is 32.3 Å². The number of hydrogen-bond donors (Lipinski definition) is 2. The van der Waals surface area contributed by atoms with E-state index in [0.717, 1.165) is 0 Å². The number of nitrogens with one attached hydrogen (secondary N) is 1. The van der Waals surface area contributed by atoms with E-state index in [1.807, 2.05) is 5.32 Å². The van der Waals surface area contributed by atoms with Gasteiger partial charge in [-0.1, -0.05) is 0 Å². The van der Waals surface area contributed by atoms with E-state index in [1.54, 1.807) is 0 Å². The van der Waals surface area contributed by atoms with Crippen LogP contribution in [0.5, 0.6) is 0 Å². The van der Waals surface area contributed by atoms with Gasteiger partial charge in [0.05, 0.1) is 23.2 Å². The summed E-state index contributed by atoms with van der Waals surface area (Å²) in [7, 11) is 0. The van der Waals surface area contributed by atoms with Gasteiger partial charge in [0.25, 0.3) is 0 Å². The van der Waals surface area contributed by atoms with Crippen LogP contribution in [-0.4, -0.2) is 23.6 Å². The molecule has 2 N–H and O–H groups in total. The van der Waals surface area contributed by atoms with Gasteiger partial charge in [-0.05, 0) is 6.07 Å². The van der Waals surface area contributed by atoms with Crippen LogP contribution in [0.25, 0.3) is 0 Å². The van der Waals surface area contributed by atoms with Gasteiger partial charge in [-0.25, -0.2) is 13.2 Å². The zero-order valence-electron chi connectivity index (χ0n) is 9.16. The molecule has 2 nitrogen and oxygen atoms in total. The number of hydrogen-bond acceptors (Lipinski definition) is 2. The first-order valence-corrected chi connectivity index (χ1v) is 5.44. The molecule has 0 aliphatic rings. The van der Waals surface area contributed by atoms with Crippen LogP contribution in [0.4, 0.5) is 32.0 Å². The van der Waals surface area contributed by atoms with Crippen LogP contribution in [0.1, 0.15) is 5.56 Å². The maximum absolute atomic E-state index is 13.2. The normalized spacial score (nSPS) is 13.5. The Morgan fingerprint density at radius 2 is 1.74 bits per heavy atom. The molecule has 108 valence electrons. The predicted octanol–water partition coefficient (Wildman–Crippen LogP) is 3.13.